The summed E-state index contributed by atoms with van der Waals surface area (Å²) < 4.78 is 10.4. The summed E-state index contributed by atoms with van der Waals surface area (Å²) in [6.45, 7) is 2.32. The summed E-state index contributed by atoms with van der Waals surface area (Å²) >= 11 is 5.90. The first-order valence-electron chi connectivity index (χ1n) is 5.68. The Bertz CT molecular complexity index is 433. The number of urea groups is 1. The quantitative estimate of drug-likeness (QED) is 0.896. The molecule has 98 valence electrons. The lowest BCUT2D eigenvalue weighted by atomic mass is 10.3. The van der Waals surface area contributed by atoms with Crippen molar-refractivity contribution in [3.63, 3.8) is 0 Å². The predicted octanol–water partition coefficient (Wildman–Crippen LogP) is 2.21. The number of morpholine rings is 1. The van der Waals surface area contributed by atoms with Crippen LogP contribution in [0.4, 0.5) is 10.5 Å². The number of halogens is 1. The summed E-state index contributed by atoms with van der Waals surface area (Å²) in [5.41, 5.74) is 0.571. The maximum absolute atomic E-state index is 12.0. The summed E-state index contributed by atoms with van der Waals surface area (Å²) in [5.74, 6) is 0.584. The molecule has 2 rings (SSSR count). The zero-order chi connectivity index (χ0) is 13.0. The zero-order valence-electron chi connectivity index (χ0n) is 10.1. The minimum atomic E-state index is -0.168. The van der Waals surface area contributed by atoms with Crippen LogP contribution in [0.1, 0.15) is 0 Å². The molecular formula is C12H15ClN2O3. The van der Waals surface area contributed by atoms with E-state index in [-0.39, 0.29) is 6.03 Å². The SMILES string of the molecule is COc1ccc(Cl)cc1NC(=O)N1CCOCC1. The lowest BCUT2D eigenvalue weighted by Gasteiger charge is -2.27. The third-order valence-corrected chi connectivity index (χ3v) is 2.94. The van der Waals surface area contributed by atoms with Crippen LogP contribution in [0.25, 0.3) is 0 Å². The molecule has 0 saturated carbocycles. The first-order valence-corrected chi connectivity index (χ1v) is 6.05. The Morgan fingerprint density at radius 2 is 2.17 bits per heavy atom. The molecule has 1 aromatic carbocycles. The molecule has 0 radical (unpaired) electrons. The van der Waals surface area contributed by atoms with E-state index in [0.717, 1.165) is 0 Å². The van der Waals surface area contributed by atoms with E-state index in [4.69, 9.17) is 21.1 Å². The second kappa shape index (κ2) is 5.93. The number of methoxy groups -OCH3 is 1. The van der Waals surface area contributed by atoms with E-state index >= 15 is 0 Å². The molecule has 1 N–H and O–H groups in total. The first-order chi connectivity index (χ1) is 8.70. The number of carbonyl (C=O) groups is 1. The summed E-state index contributed by atoms with van der Waals surface area (Å²) in [7, 11) is 1.55. The molecule has 1 fully saturated rings. The number of hydrogen-bond acceptors (Lipinski definition) is 3. The minimum absolute atomic E-state index is 0.168. The second-order valence-corrected chi connectivity index (χ2v) is 4.31. The van der Waals surface area contributed by atoms with Gasteiger partial charge in [0.15, 0.2) is 0 Å². The monoisotopic (exact) mass is 270 g/mol. The molecule has 0 aliphatic carbocycles. The van der Waals surface area contributed by atoms with Gasteiger partial charge in [-0.1, -0.05) is 11.6 Å². The molecule has 0 spiro atoms. The van der Waals surface area contributed by atoms with E-state index in [2.05, 4.69) is 5.32 Å². The third kappa shape index (κ3) is 3.05. The Hall–Kier alpha value is -1.46. The molecule has 0 aromatic heterocycles. The number of rotatable bonds is 2. The molecule has 0 atom stereocenters. The van der Waals surface area contributed by atoms with E-state index in [1.165, 1.54) is 0 Å². The van der Waals surface area contributed by atoms with E-state index in [1.807, 2.05) is 0 Å². The number of nitrogens with zero attached hydrogens (tertiary/aromatic N) is 1. The summed E-state index contributed by atoms with van der Waals surface area (Å²) in [6.07, 6.45) is 0. The summed E-state index contributed by atoms with van der Waals surface area (Å²) in [5, 5.41) is 3.34. The van der Waals surface area contributed by atoms with Gasteiger partial charge < -0.3 is 19.7 Å². The first kappa shape index (κ1) is 13.0. The van der Waals surface area contributed by atoms with Gasteiger partial charge in [-0.05, 0) is 18.2 Å². The van der Waals surface area contributed by atoms with E-state index in [9.17, 15) is 4.79 Å². The highest BCUT2D eigenvalue weighted by Crippen LogP contribution is 2.27. The molecule has 5 nitrogen and oxygen atoms in total. The van der Waals surface area contributed by atoms with Crippen molar-refractivity contribution in [3.05, 3.63) is 23.2 Å². The Labute approximate surface area is 111 Å². The van der Waals surface area contributed by atoms with Crippen molar-refractivity contribution in [2.45, 2.75) is 0 Å². The lowest BCUT2D eigenvalue weighted by molar-refractivity contribution is 0.0564. The highest BCUT2D eigenvalue weighted by atomic mass is 35.5. The van der Waals surface area contributed by atoms with Crippen LogP contribution in [0.5, 0.6) is 5.75 Å². The Kier molecular flexibility index (Phi) is 4.28. The highest BCUT2D eigenvalue weighted by molar-refractivity contribution is 6.31. The normalized spacial score (nSPS) is 15.3. The fourth-order valence-corrected chi connectivity index (χ4v) is 1.91. The van der Waals surface area contributed by atoms with Gasteiger partial charge in [-0.25, -0.2) is 4.79 Å². The van der Waals surface area contributed by atoms with E-state index < -0.39 is 0 Å². The van der Waals surface area contributed by atoms with Crippen molar-refractivity contribution in [2.24, 2.45) is 0 Å². The Morgan fingerprint density at radius 1 is 1.44 bits per heavy atom. The number of amides is 2. The maximum atomic E-state index is 12.0. The molecule has 18 heavy (non-hydrogen) atoms. The Balaban J connectivity index is 2.07. The Morgan fingerprint density at radius 3 is 2.83 bits per heavy atom. The molecule has 0 bridgehead atoms. The van der Waals surface area contributed by atoms with Crippen molar-refractivity contribution in [1.29, 1.82) is 0 Å². The van der Waals surface area contributed by atoms with E-state index in [1.54, 1.807) is 30.2 Å². The van der Waals surface area contributed by atoms with Crippen molar-refractivity contribution in [3.8, 4) is 5.75 Å². The number of nitrogens with one attached hydrogen (secondary N) is 1. The molecule has 2 amide bonds. The van der Waals surface area contributed by atoms with Crippen molar-refractivity contribution < 1.29 is 14.3 Å². The van der Waals surface area contributed by atoms with Crippen LogP contribution in [0, 0.1) is 0 Å². The second-order valence-electron chi connectivity index (χ2n) is 3.87. The number of hydrogen-bond donors (Lipinski definition) is 1. The smallest absolute Gasteiger partial charge is 0.322 e. The molecule has 1 aliphatic heterocycles. The van der Waals surface area contributed by atoms with Gasteiger partial charge in [0.05, 0.1) is 26.0 Å². The number of anilines is 1. The fraction of sp³-hybridized carbons (Fsp3) is 0.417. The van der Waals surface area contributed by atoms with Gasteiger partial charge in [-0.3, -0.25) is 0 Å². The average molecular weight is 271 g/mol. The van der Waals surface area contributed by atoms with Crippen LogP contribution in [-0.2, 0) is 4.74 Å². The summed E-state index contributed by atoms with van der Waals surface area (Å²) in [4.78, 5) is 13.7. The number of carbonyl (C=O) groups excluding carboxylic acids is 1. The van der Waals surface area contributed by atoms with Crippen LogP contribution in [-0.4, -0.2) is 44.3 Å². The molecule has 0 unspecified atom stereocenters. The van der Waals surface area contributed by atoms with Gasteiger partial charge in [-0.2, -0.15) is 0 Å². The maximum Gasteiger partial charge on any atom is 0.322 e. The standard InChI is InChI=1S/C12H15ClN2O3/c1-17-11-3-2-9(13)8-10(11)14-12(16)15-4-6-18-7-5-15/h2-3,8H,4-7H2,1H3,(H,14,16). The van der Waals surface area contributed by atoms with Gasteiger partial charge in [-0.15, -0.1) is 0 Å². The molecule has 1 aliphatic rings. The minimum Gasteiger partial charge on any atom is -0.495 e. The molecular weight excluding hydrogens is 256 g/mol. The molecule has 1 saturated heterocycles. The molecule has 6 heteroatoms. The lowest BCUT2D eigenvalue weighted by Crippen LogP contribution is -2.43. The van der Waals surface area contributed by atoms with Crippen molar-refractivity contribution >= 4 is 23.3 Å². The molecule has 1 heterocycles. The van der Waals surface area contributed by atoms with Gasteiger partial charge in [0, 0.05) is 18.1 Å². The average Bonchev–Trinajstić information content (AvgIpc) is 2.40. The largest absolute Gasteiger partial charge is 0.495 e. The van der Waals surface area contributed by atoms with Crippen LogP contribution in [0.3, 0.4) is 0 Å². The van der Waals surface area contributed by atoms with Gasteiger partial charge in [0.1, 0.15) is 5.75 Å². The van der Waals surface area contributed by atoms with Crippen LogP contribution < -0.4 is 10.1 Å². The highest BCUT2D eigenvalue weighted by Gasteiger charge is 2.18. The van der Waals surface area contributed by atoms with Gasteiger partial charge in [0.2, 0.25) is 0 Å². The van der Waals surface area contributed by atoms with Crippen LogP contribution in [0.2, 0.25) is 5.02 Å². The third-order valence-electron chi connectivity index (χ3n) is 2.70. The predicted molar refractivity (Wildman–Crippen MR) is 69.4 cm³/mol. The number of ether oxygens (including phenoxy) is 2. The number of benzene rings is 1. The summed E-state index contributed by atoms with van der Waals surface area (Å²) in [6, 6.07) is 4.93. The fourth-order valence-electron chi connectivity index (χ4n) is 1.74. The van der Waals surface area contributed by atoms with E-state index in [0.29, 0.717) is 42.8 Å². The molecule has 1 aromatic rings. The van der Waals surface area contributed by atoms with Crippen molar-refractivity contribution in [2.75, 3.05) is 38.7 Å². The van der Waals surface area contributed by atoms with Crippen molar-refractivity contribution in [1.82, 2.24) is 4.90 Å². The zero-order valence-corrected chi connectivity index (χ0v) is 10.9. The topological polar surface area (TPSA) is 50.8 Å². The van der Waals surface area contributed by atoms with Crippen LogP contribution >= 0.6 is 11.6 Å². The van der Waals surface area contributed by atoms with Gasteiger partial charge in [0.25, 0.3) is 0 Å². The van der Waals surface area contributed by atoms with Gasteiger partial charge >= 0.3 is 6.03 Å². The van der Waals surface area contributed by atoms with Crippen LogP contribution in [0.15, 0.2) is 18.2 Å².